The van der Waals surface area contributed by atoms with Crippen molar-refractivity contribution in [2.75, 3.05) is 33.2 Å². The Hall–Kier alpha value is -2.08. The van der Waals surface area contributed by atoms with Gasteiger partial charge in [-0.15, -0.1) is 0 Å². The monoisotopic (exact) mass is 356 g/mol. The normalized spacial score (nSPS) is 16.9. The Morgan fingerprint density at radius 2 is 2.12 bits per heavy atom. The van der Waals surface area contributed by atoms with E-state index in [0.717, 1.165) is 42.2 Å². The van der Waals surface area contributed by atoms with Crippen LogP contribution in [0.2, 0.25) is 0 Å². The van der Waals surface area contributed by atoms with Crippen molar-refractivity contribution in [3.63, 3.8) is 0 Å². The van der Waals surface area contributed by atoms with Gasteiger partial charge in [0.2, 0.25) is 0 Å². The van der Waals surface area contributed by atoms with Gasteiger partial charge in [-0.05, 0) is 44.4 Å². The molecule has 0 radical (unpaired) electrons. The molecule has 0 amide bonds. The number of H-pyrrole nitrogens is 1. The number of guanidine groups is 1. The molecule has 1 saturated heterocycles. The summed E-state index contributed by atoms with van der Waals surface area (Å²) in [5.41, 5.74) is 2.16. The minimum absolute atomic E-state index is 0.532. The number of piperidine rings is 1. The number of hydrogen-bond acceptors (Lipinski definition) is 3. The fourth-order valence-electron chi connectivity index (χ4n) is 3.59. The number of fused-ring (bicyclic) bond motifs is 1. The van der Waals surface area contributed by atoms with Gasteiger partial charge in [0.05, 0.1) is 11.0 Å². The Labute approximate surface area is 156 Å². The zero-order valence-electron chi connectivity index (χ0n) is 16.1. The molecule has 3 N–H and O–H groups in total. The van der Waals surface area contributed by atoms with Crippen molar-refractivity contribution < 1.29 is 0 Å². The summed E-state index contributed by atoms with van der Waals surface area (Å²) in [7, 11) is 1.85. The summed E-state index contributed by atoms with van der Waals surface area (Å²) >= 11 is 0. The molecule has 0 saturated carbocycles. The molecule has 0 unspecified atom stereocenters. The van der Waals surface area contributed by atoms with E-state index in [-0.39, 0.29) is 0 Å². The molecule has 1 fully saturated rings. The molecule has 6 nitrogen and oxygen atoms in total. The third-order valence-electron chi connectivity index (χ3n) is 5.01. The molecule has 6 heteroatoms. The molecule has 26 heavy (non-hydrogen) atoms. The maximum atomic E-state index is 4.63. The Morgan fingerprint density at radius 1 is 1.31 bits per heavy atom. The van der Waals surface area contributed by atoms with Gasteiger partial charge in [0.15, 0.2) is 5.96 Å². The molecule has 3 rings (SSSR count). The second kappa shape index (κ2) is 9.57. The number of aromatic nitrogens is 2. The van der Waals surface area contributed by atoms with Crippen molar-refractivity contribution in [3.8, 4) is 0 Å². The first-order chi connectivity index (χ1) is 12.8. The van der Waals surface area contributed by atoms with Crippen LogP contribution in [0.5, 0.6) is 0 Å². The van der Waals surface area contributed by atoms with Gasteiger partial charge in [0.1, 0.15) is 5.82 Å². The van der Waals surface area contributed by atoms with Crippen LogP contribution in [0, 0.1) is 0 Å². The van der Waals surface area contributed by atoms with Crippen molar-refractivity contribution in [2.45, 2.75) is 45.1 Å². The van der Waals surface area contributed by atoms with E-state index < -0.39 is 0 Å². The van der Waals surface area contributed by atoms with Crippen LogP contribution in [0.3, 0.4) is 0 Å². The Morgan fingerprint density at radius 3 is 2.85 bits per heavy atom. The van der Waals surface area contributed by atoms with Crippen LogP contribution in [-0.2, 0) is 6.42 Å². The first-order valence-corrected chi connectivity index (χ1v) is 9.91. The summed E-state index contributed by atoms with van der Waals surface area (Å²) in [6.07, 6.45) is 5.59. The average molecular weight is 357 g/mol. The smallest absolute Gasteiger partial charge is 0.191 e. The van der Waals surface area contributed by atoms with Crippen molar-refractivity contribution in [3.05, 3.63) is 30.1 Å². The highest BCUT2D eigenvalue weighted by atomic mass is 15.2. The minimum atomic E-state index is 0.532. The van der Waals surface area contributed by atoms with Gasteiger partial charge >= 0.3 is 0 Å². The average Bonchev–Trinajstić information content (AvgIpc) is 3.08. The molecule has 2 heterocycles. The molecule has 1 aromatic heterocycles. The Kier molecular flexibility index (Phi) is 6.89. The van der Waals surface area contributed by atoms with E-state index in [1.165, 1.54) is 38.9 Å². The molecule has 1 aliphatic heterocycles. The molecular formula is C20H32N6. The summed E-state index contributed by atoms with van der Waals surface area (Å²) in [6.45, 7) is 6.75. The number of hydrogen-bond donors (Lipinski definition) is 3. The second-order valence-corrected chi connectivity index (χ2v) is 7.06. The number of imidazole rings is 1. The van der Waals surface area contributed by atoms with Crippen LogP contribution in [0.15, 0.2) is 29.3 Å². The second-order valence-electron chi connectivity index (χ2n) is 7.06. The van der Waals surface area contributed by atoms with Crippen molar-refractivity contribution in [2.24, 2.45) is 4.99 Å². The summed E-state index contributed by atoms with van der Waals surface area (Å²) < 4.78 is 0. The van der Waals surface area contributed by atoms with Gasteiger partial charge in [-0.2, -0.15) is 0 Å². The van der Waals surface area contributed by atoms with E-state index in [4.69, 9.17) is 0 Å². The van der Waals surface area contributed by atoms with Gasteiger partial charge in [0, 0.05) is 39.1 Å². The maximum absolute atomic E-state index is 4.63. The first-order valence-electron chi connectivity index (χ1n) is 9.91. The van der Waals surface area contributed by atoms with Gasteiger partial charge in [-0.3, -0.25) is 4.99 Å². The number of likely N-dealkylation sites (tertiary alicyclic amines) is 1. The van der Waals surface area contributed by atoms with Gasteiger partial charge in [0.25, 0.3) is 0 Å². The number of para-hydroxylation sites is 2. The molecule has 2 aromatic rings. The predicted molar refractivity (Wildman–Crippen MR) is 109 cm³/mol. The number of benzene rings is 1. The third-order valence-corrected chi connectivity index (χ3v) is 5.01. The fraction of sp³-hybridized carbons (Fsp3) is 0.600. The maximum Gasteiger partial charge on any atom is 0.191 e. The topological polar surface area (TPSA) is 68.3 Å². The molecule has 1 aromatic carbocycles. The lowest BCUT2D eigenvalue weighted by atomic mass is 10.1. The van der Waals surface area contributed by atoms with Crippen LogP contribution < -0.4 is 10.6 Å². The van der Waals surface area contributed by atoms with Crippen LogP contribution in [-0.4, -0.2) is 60.1 Å². The van der Waals surface area contributed by atoms with Crippen LogP contribution in [0.1, 0.15) is 38.4 Å². The third kappa shape index (κ3) is 5.21. The van der Waals surface area contributed by atoms with Gasteiger partial charge < -0.3 is 20.5 Å². The molecule has 0 atom stereocenters. The van der Waals surface area contributed by atoms with Crippen molar-refractivity contribution in [1.82, 2.24) is 25.5 Å². The van der Waals surface area contributed by atoms with Crippen LogP contribution >= 0.6 is 0 Å². The number of aromatic amines is 1. The lowest BCUT2D eigenvalue weighted by Gasteiger charge is -2.32. The lowest BCUT2D eigenvalue weighted by molar-refractivity contribution is 0.206. The van der Waals surface area contributed by atoms with E-state index in [9.17, 15) is 0 Å². The van der Waals surface area contributed by atoms with E-state index in [1.54, 1.807) is 0 Å². The summed E-state index contributed by atoms with van der Waals surface area (Å²) in [5, 5.41) is 7.02. The highest BCUT2D eigenvalue weighted by Gasteiger charge is 2.19. The fourth-order valence-corrected chi connectivity index (χ4v) is 3.59. The van der Waals surface area contributed by atoms with Crippen molar-refractivity contribution >= 4 is 17.0 Å². The number of aryl methyl sites for hydroxylation is 1. The minimum Gasteiger partial charge on any atom is -0.356 e. The molecule has 0 bridgehead atoms. The lowest BCUT2D eigenvalue weighted by Crippen LogP contribution is -2.48. The summed E-state index contributed by atoms with van der Waals surface area (Å²) in [6, 6.07) is 8.71. The van der Waals surface area contributed by atoms with Gasteiger partial charge in [-0.1, -0.05) is 19.1 Å². The summed E-state index contributed by atoms with van der Waals surface area (Å²) in [4.78, 5) is 15.0. The SMILES string of the molecule is CCCN1CCC(NC(=NC)NCCCc2nc3ccccc3[nH]2)CC1. The molecule has 1 aliphatic rings. The Balaban J connectivity index is 1.36. The van der Waals surface area contributed by atoms with E-state index in [0.29, 0.717) is 6.04 Å². The van der Waals surface area contributed by atoms with E-state index in [1.807, 2.05) is 25.2 Å². The molecule has 142 valence electrons. The number of aliphatic imine (C=N–C) groups is 1. The zero-order chi connectivity index (χ0) is 18.2. The number of rotatable bonds is 7. The largest absolute Gasteiger partial charge is 0.356 e. The number of nitrogens with one attached hydrogen (secondary N) is 3. The molecule has 0 spiro atoms. The number of nitrogens with zero attached hydrogens (tertiary/aromatic N) is 3. The predicted octanol–water partition coefficient (Wildman–Crippen LogP) is 2.53. The van der Waals surface area contributed by atoms with E-state index >= 15 is 0 Å². The van der Waals surface area contributed by atoms with Crippen LogP contribution in [0.25, 0.3) is 11.0 Å². The molecule has 0 aliphatic carbocycles. The van der Waals surface area contributed by atoms with Crippen LogP contribution in [0.4, 0.5) is 0 Å². The molecular weight excluding hydrogens is 324 g/mol. The quantitative estimate of drug-likeness (QED) is 0.405. The first kappa shape index (κ1) is 18.7. The summed E-state index contributed by atoms with van der Waals surface area (Å²) in [5.74, 6) is 1.97. The zero-order valence-corrected chi connectivity index (χ0v) is 16.1. The standard InChI is InChI=1S/C20H32N6/c1-3-13-26-14-10-16(11-15-26)23-20(21-2)22-12-6-9-19-24-17-7-4-5-8-18(17)25-19/h4-5,7-8,16H,3,6,9-15H2,1-2H3,(H,24,25)(H2,21,22,23). The highest BCUT2D eigenvalue weighted by molar-refractivity contribution is 5.80. The Bertz CT molecular complexity index is 666. The van der Waals surface area contributed by atoms with E-state index in [2.05, 4.69) is 43.5 Å². The van der Waals surface area contributed by atoms with Gasteiger partial charge in [-0.25, -0.2) is 4.98 Å². The highest BCUT2D eigenvalue weighted by Crippen LogP contribution is 2.12. The van der Waals surface area contributed by atoms with Crippen molar-refractivity contribution in [1.29, 1.82) is 0 Å².